The minimum absolute atomic E-state index is 0.285. The van der Waals surface area contributed by atoms with Crippen molar-refractivity contribution in [2.24, 2.45) is 11.3 Å². The highest BCUT2D eigenvalue weighted by Crippen LogP contribution is 2.46. The normalized spacial score (nSPS) is 18.5. The Kier molecular flexibility index (Phi) is 4.93. The van der Waals surface area contributed by atoms with Gasteiger partial charge >= 0.3 is 0 Å². The lowest BCUT2D eigenvalue weighted by Crippen LogP contribution is -2.37. The molecule has 1 N–H and O–H groups in total. The van der Waals surface area contributed by atoms with Crippen molar-refractivity contribution in [1.82, 2.24) is 20.1 Å². The highest BCUT2D eigenvalue weighted by molar-refractivity contribution is 5.00. The molecule has 0 radical (unpaired) electrons. The number of methoxy groups -OCH3 is 1. The number of nitrogens with zero attached hydrogens (tertiary/aromatic N) is 3. The average molecular weight is 266 g/mol. The molecule has 1 aromatic rings. The molecule has 1 atom stereocenters. The molecular formula is C14H26N4O. The van der Waals surface area contributed by atoms with Crippen molar-refractivity contribution < 1.29 is 4.74 Å². The van der Waals surface area contributed by atoms with Gasteiger partial charge in [-0.05, 0) is 31.1 Å². The molecular weight excluding hydrogens is 240 g/mol. The second-order valence-corrected chi connectivity index (χ2v) is 5.77. The van der Waals surface area contributed by atoms with Crippen molar-refractivity contribution in [3.8, 4) is 0 Å². The molecule has 1 aliphatic rings. The van der Waals surface area contributed by atoms with Gasteiger partial charge in [-0.25, -0.2) is 4.98 Å². The first-order valence-electron chi connectivity index (χ1n) is 7.26. The van der Waals surface area contributed by atoms with E-state index in [2.05, 4.69) is 29.2 Å². The summed E-state index contributed by atoms with van der Waals surface area (Å²) in [4.78, 5) is 4.43. The molecule has 5 heteroatoms. The highest BCUT2D eigenvalue weighted by atomic mass is 16.5. The Morgan fingerprint density at radius 1 is 1.53 bits per heavy atom. The summed E-state index contributed by atoms with van der Waals surface area (Å²) in [7, 11) is 1.74. The summed E-state index contributed by atoms with van der Waals surface area (Å²) in [6.07, 6.45) is 5.38. The van der Waals surface area contributed by atoms with Crippen LogP contribution in [0.2, 0.25) is 0 Å². The smallest absolute Gasteiger partial charge is 0.138 e. The number of hydrogen-bond donors (Lipinski definition) is 1. The Labute approximate surface area is 115 Å². The van der Waals surface area contributed by atoms with Crippen LogP contribution < -0.4 is 5.32 Å². The van der Waals surface area contributed by atoms with Gasteiger partial charge < -0.3 is 10.1 Å². The Morgan fingerprint density at radius 3 is 2.95 bits per heavy atom. The molecule has 2 rings (SSSR count). The van der Waals surface area contributed by atoms with Crippen LogP contribution in [0.15, 0.2) is 6.33 Å². The van der Waals surface area contributed by atoms with Crippen molar-refractivity contribution in [2.75, 3.05) is 26.8 Å². The van der Waals surface area contributed by atoms with E-state index in [9.17, 15) is 0 Å². The van der Waals surface area contributed by atoms with Crippen LogP contribution in [-0.4, -0.2) is 41.6 Å². The number of rotatable bonds is 9. The summed E-state index contributed by atoms with van der Waals surface area (Å²) in [5.41, 5.74) is 0.285. The summed E-state index contributed by atoms with van der Waals surface area (Å²) in [5.74, 6) is 1.94. The topological polar surface area (TPSA) is 52.0 Å². The van der Waals surface area contributed by atoms with Crippen LogP contribution in [0.5, 0.6) is 0 Å². The Hall–Kier alpha value is -0.940. The van der Waals surface area contributed by atoms with E-state index in [1.54, 1.807) is 13.4 Å². The van der Waals surface area contributed by atoms with Crippen LogP contribution >= 0.6 is 0 Å². The predicted molar refractivity (Wildman–Crippen MR) is 75.0 cm³/mol. The summed E-state index contributed by atoms with van der Waals surface area (Å²) in [5, 5.41) is 7.79. The van der Waals surface area contributed by atoms with E-state index in [1.165, 1.54) is 12.8 Å². The minimum Gasteiger partial charge on any atom is -0.383 e. The molecule has 0 amide bonds. The third-order valence-electron chi connectivity index (χ3n) is 4.13. The highest BCUT2D eigenvalue weighted by Gasteiger charge is 2.41. The SMILES string of the molecule is CCn1ncnc1CC(C)(CNCCOC)C1CC1. The molecule has 1 saturated carbocycles. The van der Waals surface area contributed by atoms with Crippen molar-refractivity contribution >= 4 is 0 Å². The van der Waals surface area contributed by atoms with Gasteiger partial charge in [0.2, 0.25) is 0 Å². The largest absolute Gasteiger partial charge is 0.383 e. The van der Waals surface area contributed by atoms with Gasteiger partial charge in [0, 0.05) is 33.2 Å². The zero-order chi connectivity index (χ0) is 13.7. The molecule has 1 fully saturated rings. The van der Waals surface area contributed by atoms with E-state index in [-0.39, 0.29) is 5.41 Å². The van der Waals surface area contributed by atoms with Crippen LogP contribution in [0.4, 0.5) is 0 Å². The Balaban J connectivity index is 1.95. The summed E-state index contributed by atoms with van der Waals surface area (Å²) < 4.78 is 7.10. The van der Waals surface area contributed by atoms with Crippen molar-refractivity contribution in [1.29, 1.82) is 0 Å². The van der Waals surface area contributed by atoms with Crippen molar-refractivity contribution in [2.45, 2.75) is 39.7 Å². The van der Waals surface area contributed by atoms with E-state index >= 15 is 0 Å². The molecule has 1 unspecified atom stereocenters. The number of hydrogen-bond acceptors (Lipinski definition) is 4. The maximum atomic E-state index is 5.09. The molecule has 19 heavy (non-hydrogen) atoms. The first-order valence-corrected chi connectivity index (χ1v) is 7.26. The standard InChI is InChI=1S/C14H26N4O/c1-4-18-13(16-11-17-18)9-14(2,12-5-6-12)10-15-7-8-19-3/h11-12,15H,4-10H2,1-3H3. The predicted octanol–water partition coefficient (Wildman–Crippen LogP) is 1.49. The van der Waals surface area contributed by atoms with E-state index in [0.717, 1.165) is 44.4 Å². The van der Waals surface area contributed by atoms with Gasteiger partial charge in [0.05, 0.1) is 6.61 Å². The van der Waals surface area contributed by atoms with Gasteiger partial charge in [-0.2, -0.15) is 5.10 Å². The van der Waals surface area contributed by atoms with Gasteiger partial charge in [-0.3, -0.25) is 4.68 Å². The Morgan fingerprint density at radius 2 is 2.32 bits per heavy atom. The molecule has 5 nitrogen and oxygen atoms in total. The van der Waals surface area contributed by atoms with Gasteiger partial charge in [0.15, 0.2) is 0 Å². The fourth-order valence-electron chi connectivity index (χ4n) is 2.73. The maximum Gasteiger partial charge on any atom is 0.138 e. The number of ether oxygens (including phenoxy) is 1. The number of aromatic nitrogens is 3. The van der Waals surface area contributed by atoms with Crippen LogP contribution in [0.25, 0.3) is 0 Å². The first-order chi connectivity index (χ1) is 9.19. The second kappa shape index (κ2) is 6.48. The monoisotopic (exact) mass is 266 g/mol. The maximum absolute atomic E-state index is 5.09. The van der Waals surface area contributed by atoms with Crippen LogP contribution in [0.3, 0.4) is 0 Å². The zero-order valence-electron chi connectivity index (χ0n) is 12.4. The van der Waals surface area contributed by atoms with E-state index in [4.69, 9.17) is 4.74 Å². The second-order valence-electron chi connectivity index (χ2n) is 5.77. The summed E-state index contributed by atoms with van der Waals surface area (Å²) >= 11 is 0. The van der Waals surface area contributed by atoms with Crippen LogP contribution in [0, 0.1) is 11.3 Å². The van der Waals surface area contributed by atoms with Gasteiger partial charge in [-0.1, -0.05) is 6.92 Å². The van der Waals surface area contributed by atoms with E-state index < -0.39 is 0 Å². The average Bonchev–Trinajstić information content (AvgIpc) is 3.17. The van der Waals surface area contributed by atoms with Gasteiger partial charge in [0.1, 0.15) is 12.2 Å². The fraction of sp³-hybridized carbons (Fsp3) is 0.857. The van der Waals surface area contributed by atoms with Gasteiger partial charge in [0.25, 0.3) is 0 Å². The molecule has 0 bridgehead atoms. The van der Waals surface area contributed by atoms with E-state index in [0.29, 0.717) is 0 Å². The molecule has 108 valence electrons. The lowest BCUT2D eigenvalue weighted by Gasteiger charge is -2.30. The number of nitrogens with one attached hydrogen (secondary N) is 1. The molecule has 0 aromatic carbocycles. The third-order valence-corrected chi connectivity index (χ3v) is 4.13. The summed E-state index contributed by atoms with van der Waals surface area (Å²) in [6.45, 7) is 8.10. The van der Waals surface area contributed by atoms with Crippen LogP contribution in [-0.2, 0) is 17.7 Å². The molecule has 0 aliphatic heterocycles. The number of aryl methyl sites for hydroxylation is 1. The molecule has 1 aliphatic carbocycles. The van der Waals surface area contributed by atoms with Gasteiger partial charge in [-0.15, -0.1) is 0 Å². The van der Waals surface area contributed by atoms with E-state index in [1.807, 2.05) is 4.68 Å². The zero-order valence-corrected chi connectivity index (χ0v) is 12.4. The molecule has 1 aromatic heterocycles. The molecule has 0 spiro atoms. The third kappa shape index (κ3) is 3.76. The quantitative estimate of drug-likeness (QED) is 0.688. The Bertz CT molecular complexity index is 389. The first kappa shape index (κ1) is 14.5. The van der Waals surface area contributed by atoms with Crippen molar-refractivity contribution in [3.05, 3.63) is 12.2 Å². The fourth-order valence-corrected chi connectivity index (χ4v) is 2.73. The van der Waals surface area contributed by atoms with Crippen molar-refractivity contribution in [3.63, 3.8) is 0 Å². The molecule has 1 heterocycles. The van der Waals surface area contributed by atoms with Crippen LogP contribution in [0.1, 0.15) is 32.5 Å². The molecule has 0 saturated heterocycles. The lowest BCUT2D eigenvalue weighted by molar-refractivity contribution is 0.186. The lowest BCUT2D eigenvalue weighted by atomic mass is 9.81. The minimum atomic E-state index is 0.285. The summed E-state index contributed by atoms with van der Waals surface area (Å²) in [6, 6.07) is 0.